The van der Waals surface area contributed by atoms with Crippen LogP contribution in [0.4, 0.5) is 8.78 Å². The van der Waals surface area contributed by atoms with E-state index in [0.29, 0.717) is 0 Å². The summed E-state index contributed by atoms with van der Waals surface area (Å²) in [6.45, 7) is 2.33. The van der Waals surface area contributed by atoms with Crippen molar-refractivity contribution in [1.82, 2.24) is 0 Å². The first kappa shape index (κ1) is 18.2. The van der Waals surface area contributed by atoms with Crippen LogP contribution in [0.3, 0.4) is 0 Å². The Hall–Kier alpha value is -1.81. The van der Waals surface area contributed by atoms with Gasteiger partial charge in [-0.25, -0.2) is 0 Å². The van der Waals surface area contributed by atoms with E-state index in [2.05, 4.69) is 14.2 Å². The lowest BCUT2D eigenvalue weighted by atomic mass is 9.97. The van der Waals surface area contributed by atoms with E-state index in [-0.39, 0.29) is 0 Å². The summed E-state index contributed by atoms with van der Waals surface area (Å²) in [6, 6.07) is 0. The monoisotopic (exact) mass is 326 g/mol. The third-order valence-corrected chi connectivity index (χ3v) is 2.72. The summed E-state index contributed by atoms with van der Waals surface area (Å²) in [5.74, 6) is -6.76. The minimum Gasteiger partial charge on any atom is -0.463 e. The summed E-state index contributed by atoms with van der Waals surface area (Å²) in [5.41, 5.74) is 0. The van der Waals surface area contributed by atoms with Crippen molar-refractivity contribution in [2.75, 3.05) is 6.61 Å². The van der Waals surface area contributed by atoms with Gasteiger partial charge in [0.1, 0.15) is 12.7 Å². The van der Waals surface area contributed by atoms with Gasteiger partial charge in [-0.15, -0.1) is 0 Å². The zero-order valence-corrected chi connectivity index (χ0v) is 12.1. The predicted octanol–water partition coefficient (Wildman–Crippen LogP) is -0.235. The Morgan fingerprint density at radius 3 is 2.09 bits per heavy atom. The molecular formula is C12H16F2O8. The van der Waals surface area contributed by atoms with Gasteiger partial charge in [0.05, 0.1) is 0 Å². The molecule has 0 saturated carbocycles. The molecule has 1 rings (SSSR count). The zero-order valence-electron chi connectivity index (χ0n) is 12.1. The predicted molar refractivity (Wildman–Crippen MR) is 63.6 cm³/mol. The number of rotatable bonds is 4. The highest BCUT2D eigenvalue weighted by Gasteiger charge is 2.61. The quantitative estimate of drug-likeness (QED) is 0.557. The number of carbonyl (C=O) groups is 3. The molecule has 1 aliphatic heterocycles. The third kappa shape index (κ3) is 4.34. The second kappa shape index (κ2) is 6.97. The average Bonchev–Trinajstić information content (AvgIpc) is 2.36. The zero-order chi connectivity index (χ0) is 17.1. The molecule has 0 amide bonds. The van der Waals surface area contributed by atoms with Crippen molar-refractivity contribution in [3.63, 3.8) is 0 Å². The Balaban J connectivity index is 3.07. The minimum atomic E-state index is -4.02. The van der Waals surface area contributed by atoms with E-state index in [9.17, 15) is 28.3 Å². The van der Waals surface area contributed by atoms with E-state index in [1.807, 2.05) is 0 Å². The van der Waals surface area contributed by atoms with E-state index < -0.39 is 55.0 Å². The summed E-state index contributed by atoms with van der Waals surface area (Å²) in [4.78, 5) is 32.9. The van der Waals surface area contributed by atoms with Gasteiger partial charge in [0.15, 0.2) is 6.10 Å². The number of ether oxygens (including phenoxy) is 4. The van der Waals surface area contributed by atoms with Crippen molar-refractivity contribution >= 4 is 17.9 Å². The maximum Gasteiger partial charge on any atom is 0.337 e. The topological polar surface area (TPSA) is 108 Å². The van der Waals surface area contributed by atoms with Gasteiger partial charge in [-0.2, -0.15) is 8.78 Å². The Labute approximate surface area is 124 Å². The Morgan fingerprint density at radius 1 is 1.09 bits per heavy atom. The molecule has 10 heteroatoms. The van der Waals surface area contributed by atoms with Crippen LogP contribution in [0.1, 0.15) is 20.8 Å². The van der Waals surface area contributed by atoms with Crippen LogP contribution in [0, 0.1) is 0 Å². The highest BCUT2D eigenvalue weighted by atomic mass is 19.3. The molecular weight excluding hydrogens is 310 g/mol. The SMILES string of the molecule is CC(=O)OC[C@H]1O[C@H](O)C(F)(F)[C@@H](OC(C)=O)[C@@H]1OC(C)=O. The summed E-state index contributed by atoms with van der Waals surface area (Å²) in [7, 11) is 0. The molecule has 0 aliphatic carbocycles. The average molecular weight is 326 g/mol. The first-order chi connectivity index (χ1) is 10.1. The highest BCUT2D eigenvalue weighted by Crippen LogP contribution is 2.37. The van der Waals surface area contributed by atoms with E-state index >= 15 is 0 Å². The molecule has 0 spiro atoms. The molecule has 0 unspecified atom stereocenters. The maximum absolute atomic E-state index is 13.9. The Bertz CT molecular complexity index is 452. The molecule has 1 N–H and O–H groups in total. The summed E-state index contributed by atoms with van der Waals surface area (Å²) < 4.78 is 46.3. The Kier molecular flexibility index (Phi) is 5.78. The molecule has 8 nitrogen and oxygen atoms in total. The number of aliphatic hydroxyl groups excluding tert-OH is 1. The standard InChI is InChI=1S/C12H16F2O8/c1-5(15)19-4-8-9(20-6(2)16)10(21-7(3)17)12(13,14)11(18)22-8/h8-11,18H,4H2,1-3H3/t8-,9-,10+,11+/m1/s1. The molecule has 0 aromatic heterocycles. The number of alkyl halides is 2. The van der Waals surface area contributed by atoms with Gasteiger partial charge in [0.25, 0.3) is 0 Å². The van der Waals surface area contributed by atoms with Crippen LogP contribution in [0.15, 0.2) is 0 Å². The summed E-state index contributed by atoms with van der Waals surface area (Å²) in [5, 5.41) is 9.36. The Morgan fingerprint density at radius 2 is 1.64 bits per heavy atom. The lowest BCUT2D eigenvalue weighted by molar-refractivity contribution is -0.347. The smallest absolute Gasteiger partial charge is 0.337 e. The normalized spacial score (nSPS) is 30.3. The first-order valence-electron chi connectivity index (χ1n) is 6.24. The molecule has 126 valence electrons. The van der Waals surface area contributed by atoms with Crippen LogP contribution in [-0.2, 0) is 33.3 Å². The molecule has 0 aromatic rings. The third-order valence-electron chi connectivity index (χ3n) is 2.72. The van der Waals surface area contributed by atoms with Gasteiger partial charge < -0.3 is 24.1 Å². The van der Waals surface area contributed by atoms with Crippen LogP contribution in [-0.4, -0.2) is 60.1 Å². The van der Waals surface area contributed by atoms with Gasteiger partial charge >= 0.3 is 23.8 Å². The molecule has 1 fully saturated rings. The lowest BCUT2D eigenvalue weighted by Gasteiger charge is -2.42. The van der Waals surface area contributed by atoms with Gasteiger partial charge in [0, 0.05) is 20.8 Å². The van der Waals surface area contributed by atoms with Crippen LogP contribution in [0.5, 0.6) is 0 Å². The van der Waals surface area contributed by atoms with E-state index in [1.165, 1.54) is 0 Å². The lowest BCUT2D eigenvalue weighted by Crippen LogP contribution is -2.64. The minimum absolute atomic E-state index is 0.571. The van der Waals surface area contributed by atoms with Crippen molar-refractivity contribution in [2.45, 2.75) is 51.3 Å². The fourth-order valence-electron chi connectivity index (χ4n) is 1.88. The van der Waals surface area contributed by atoms with Crippen LogP contribution in [0.2, 0.25) is 0 Å². The number of halogens is 2. The molecule has 1 saturated heterocycles. The van der Waals surface area contributed by atoms with E-state index in [1.54, 1.807) is 0 Å². The van der Waals surface area contributed by atoms with E-state index in [4.69, 9.17) is 4.74 Å². The number of hydrogen-bond acceptors (Lipinski definition) is 8. The first-order valence-corrected chi connectivity index (χ1v) is 6.24. The van der Waals surface area contributed by atoms with Gasteiger partial charge in [-0.3, -0.25) is 14.4 Å². The molecule has 1 heterocycles. The van der Waals surface area contributed by atoms with Crippen molar-refractivity contribution < 1.29 is 47.2 Å². The maximum atomic E-state index is 13.9. The van der Waals surface area contributed by atoms with Gasteiger partial charge in [-0.1, -0.05) is 0 Å². The van der Waals surface area contributed by atoms with Gasteiger partial charge in [0.2, 0.25) is 12.4 Å². The fourth-order valence-corrected chi connectivity index (χ4v) is 1.88. The van der Waals surface area contributed by atoms with Crippen molar-refractivity contribution in [2.24, 2.45) is 0 Å². The molecule has 0 radical (unpaired) electrons. The van der Waals surface area contributed by atoms with E-state index in [0.717, 1.165) is 20.8 Å². The van der Waals surface area contributed by atoms with Crippen LogP contribution >= 0.6 is 0 Å². The highest BCUT2D eigenvalue weighted by molar-refractivity contribution is 5.68. The van der Waals surface area contributed by atoms with Crippen molar-refractivity contribution in [1.29, 1.82) is 0 Å². The van der Waals surface area contributed by atoms with Gasteiger partial charge in [-0.05, 0) is 0 Å². The molecule has 22 heavy (non-hydrogen) atoms. The number of hydrogen-bond donors (Lipinski definition) is 1. The summed E-state index contributed by atoms with van der Waals surface area (Å²) in [6.07, 6.45) is -8.08. The second-order valence-corrected chi connectivity index (χ2v) is 4.61. The number of aliphatic hydroxyl groups is 1. The molecule has 1 aliphatic rings. The fraction of sp³-hybridized carbons (Fsp3) is 0.750. The molecule has 0 aromatic carbocycles. The van der Waals surface area contributed by atoms with Crippen molar-refractivity contribution in [3.05, 3.63) is 0 Å². The van der Waals surface area contributed by atoms with Crippen LogP contribution < -0.4 is 0 Å². The van der Waals surface area contributed by atoms with Crippen LogP contribution in [0.25, 0.3) is 0 Å². The largest absolute Gasteiger partial charge is 0.463 e. The molecule has 4 atom stereocenters. The number of carbonyl (C=O) groups excluding carboxylic acids is 3. The van der Waals surface area contributed by atoms with Crippen molar-refractivity contribution in [3.8, 4) is 0 Å². The molecule has 0 bridgehead atoms. The summed E-state index contributed by atoms with van der Waals surface area (Å²) >= 11 is 0. The number of esters is 3. The second-order valence-electron chi connectivity index (χ2n) is 4.61.